The van der Waals surface area contributed by atoms with E-state index in [0.29, 0.717) is 0 Å². The molecule has 2 atom stereocenters. The molecule has 18 heteroatoms. The molecule has 83 heavy (non-hydrogen) atoms. The van der Waals surface area contributed by atoms with Crippen LogP contribution in [0.15, 0.2) is 52.6 Å². The van der Waals surface area contributed by atoms with Gasteiger partial charge >= 0.3 is 0 Å². The quantitative estimate of drug-likeness (QED) is 0.144. The Hall–Kier alpha value is -5.49. The number of likely N-dealkylation sites (N-methyl/N-ethyl adjacent to an activating group) is 1. The molecule has 17 nitrogen and oxygen atoms in total. The van der Waals surface area contributed by atoms with Gasteiger partial charge in [-0.05, 0) is 137 Å². The molecule has 6 aromatic rings. The zero-order chi connectivity index (χ0) is 52.4. The zero-order valence-electron chi connectivity index (χ0n) is 47.0. The highest BCUT2D eigenvalue weighted by atomic mass is 32.2. The fourth-order valence-electron chi connectivity index (χ4n) is 12.2. The number of imidazole rings is 5. The van der Waals surface area contributed by atoms with Gasteiger partial charge in [0.1, 0.15) is 11.6 Å². The highest BCUT2D eigenvalue weighted by Gasteiger charge is 2.29. The summed E-state index contributed by atoms with van der Waals surface area (Å²) in [5.41, 5.74) is 12.3. The van der Waals surface area contributed by atoms with Gasteiger partial charge in [0.25, 0.3) is 0 Å². The average molecular weight is 1170 g/mol. The molecule has 0 aromatic carbocycles. The number of amidine groups is 2. The molecule has 16 rings (SSSR count). The third-order valence-corrected chi connectivity index (χ3v) is 17.6. The molecule has 0 radical (unpaired) electrons. The lowest BCUT2D eigenvalue weighted by Crippen LogP contribution is -2.37. The molecule has 10 aliphatic rings. The number of fused-ring (bicyclic) bond motifs is 8. The Kier molecular flexibility index (Phi) is 32.5. The Morgan fingerprint density at radius 2 is 1.10 bits per heavy atom. The largest absolute Gasteiger partial charge is 0.358 e. The molecule has 2 saturated heterocycles. The van der Waals surface area contributed by atoms with E-state index in [2.05, 4.69) is 133 Å². The highest BCUT2D eigenvalue weighted by Crippen LogP contribution is 2.26. The lowest BCUT2D eigenvalue weighted by Gasteiger charge is -2.29. The second-order valence-electron chi connectivity index (χ2n) is 21.8. The van der Waals surface area contributed by atoms with Gasteiger partial charge in [-0.2, -0.15) is 5.10 Å². The van der Waals surface area contributed by atoms with Crippen molar-refractivity contribution in [2.24, 2.45) is 31.1 Å². The molecule has 2 unspecified atom stereocenters. The van der Waals surface area contributed by atoms with Gasteiger partial charge in [-0.15, -0.1) is 0 Å². The van der Waals surface area contributed by atoms with Crippen molar-refractivity contribution in [2.45, 2.75) is 240 Å². The zero-order valence-corrected chi connectivity index (χ0v) is 47.8. The molecule has 0 amide bonds. The summed E-state index contributed by atoms with van der Waals surface area (Å²) in [5, 5.41) is 5.34. The van der Waals surface area contributed by atoms with Crippen LogP contribution in [0.25, 0.3) is 0 Å². The van der Waals surface area contributed by atoms with Crippen molar-refractivity contribution in [1.82, 2.24) is 72.2 Å². The molecule has 2 aliphatic carbocycles. The van der Waals surface area contributed by atoms with E-state index in [-0.39, 0.29) is 59.4 Å². The number of nitrogens with zero attached hydrogens (tertiary/aromatic N) is 17. The lowest BCUT2D eigenvalue weighted by atomic mass is 10.1. The lowest BCUT2D eigenvalue weighted by molar-refractivity contribution is 0.305. The Balaban J connectivity index is 0.000000468. The number of thioether (sulfide) groups is 1. The maximum atomic E-state index is 4.42. The summed E-state index contributed by atoms with van der Waals surface area (Å²) < 4.78 is 13.1. The van der Waals surface area contributed by atoms with Crippen molar-refractivity contribution in [1.29, 1.82) is 0 Å². The van der Waals surface area contributed by atoms with Crippen molar-refractivity contribution < 1.29 is 0 Å². The summed E-state index contributed by atoms with van der Waals surface area (Å²) in [6, 6.07) is 1.63. The third kappa shape index (κ3) is 18.8. The van der Waals surface area contributed by atoms with Crippen molar-refractivity contribution in [3.63, 3.8) is 0 Å². The first-order valence-corrected chi connectivity index (χ1v) is 29.3. The minimum atomic E-state index is 0. The van der Waals surface area contributed by atoms with E-state index < -0.39 is 0 Å². The smallest absolute Gasteiger partial charge is 0.168 e. The molecule has 470 valence electrons. The molecular formula is C65H119N17S. The summed E-state index contributed by atoms with van der Waals surface area (Å²) in [6.07, 6.45) is 32.1. The van der Waals surface area contributed by atoms with Crippen LogP contribution in [0.5, 0.6) is 0 Å². The first-order chi connectivity index (χ1) is 36.4. The topological polar surface area (TPSA) is 141 Å². The number of aromatic nitrogens is 12. The first-order valence-electron chi connectivity index (χ1n) is 28.3. The van der Waals surface area contributed by atoms with Crippen LogP contribution in [0.1, 0.15) is 194 Å². The fraction of sp³-hybridized carbons (Fsp3) is 0.692. The van der Waals surface area contributed by atoms with Gasteiger partial charge in [0, 0.05) is 157 Å². The van der Waals surface area contributed by atoms with Gasteiger partial charge in [-0.25, -0.2) is 24.9 Å². The Morgan fingerprint density at radius 1 is 0.482 bits per heavy atom. The third-order valence-electron chi connectivity index (χ3n) is 16.6. The molecule has 0 N–H and O–H groups in total. The SMILES string of the molecule is C.C.C.C.C.C.C.C.CC1=NCC2CCCN12.CC1=NCCC2CCCN12.CN1CCc2c(ncn2C)C1.Cc1cnc2n1CCC2.Cc1cnc2n1CCS2.Cc1ncc2n1CCC2.Cn1cnc2c1CCC2.Cn1ncc2c1CCC2. The Morgan fingerprint density at radius 3 is 1.76 bits per heavy atom. The molecule has 6 aromatic heterocycles. The molecule has 8 aliphatic heterocycles. The maximum Gasteiger partial charge on any atom is 0.168 e. The summed E-state index contributed by atoms with van der Waals surface area (Å²) in [5.74, 6) is 6.17. The van der Waals surface area contributed by atoms with Crippen LogP contribution >= 0.6 is 11.8 Å². The van der Waals surface area contributed by atoms with Gasteiger partial charge in [0.15, 0.2) is 5.16 Å². The first kappa shape index (κ1) is 75.5. The average Bonchev–Trinajstić information content (AvgIpc) is 4.27. The van der Waals surface area contributed by atoms with Gasteiger partial charge in [-0.3, -0.25) is 14.7 Å². The summed E-state index contributed by atoms with van der Waals surface area (Å²) >= 11 is 1.84. The minimum Gasteiger partial charge on any atom is -0.358 e. The van der Waals surface area contributed by atoms with Crippen LogP contribution in [0.4, 0.5) is 0 Å². The van der Waals surface area contributed by atoms with E-state index in [9.17, 15) is 0 Å². The standard InChI is InChI=1S/C8H13N3.C8H14N2.2C7H10N2.C7H12N2.2C7H10N2.C6H8N2S.8CH4/c1-10-4-3-8-7(5-10)9-6-11(8)2;1-7-9-5-4-8-3-2-6-10(7)8;1-9-5-8-6-3-2-4-7(6)9;1-9-7-4-2-3-6(7)5-8-9;2*1-6-8-5-7-3-2-4-9(6)7;1-6-5-8-7-3-2-4-9(6)7;1-5-4-7-6-8(5)2-3-9-6;;;;;;;;/h6H,3-5H2,1-2H3;8H,2-6H2,1H3;2*5H,2-4H2,1H3;7H,2-5H2,1H3;2*5H,2-4H2,1H3;4H,2-3H2,1H3;8*1H4. The Bertz CT molecular complexity index is 2560. The van der Waals surface area contributed by atoms with Crippen molar-refractivity contribution in [2.75, 3.05) is 45.5 Å². The molecule has 2 fully saturated rings. The van der Waals surface area contributed by atoms with E-state index in [4.69, 9.17) is 0 Å². The molecule has 0 bridgehead atoms. The predicted octanol–water partition coefficient (Wildman–Crippen LogP) is 13.0. The van der Waals surface area contributed by atoms with E-state index >= 15 is 0 Å². The minimum absolute atomic E-state index is 0. The van der Waals surface area contributed by atoms with Gasteiger partial charge in [0.05, 0.1) is 48.5 Å². The van der Waals surface area contributed by atoms with Crippen LogP contribution in [-0.2, 0) is 92.3 Å². The number of aryl methyl sites for hydroxylation is 10. The van der Waals surface area contributed by atoms with Crippen LogP contribution in [0.3, 0.4) is 0 Å². The van der Waals surface area contributed by atoms with Gasteiger partial charge in [-0.1, -0.05) is 71.2 Å². The van der Waals surface area contributed by atoms with E-state index in [1.54, 1.807) is 0 Å². The van der Waals surface area contributed by atoms with Crippen LogP contribution < -0.4 is 0 Å². The van der Waals surface area contributed by atoms with E-state index in [1.807, 2.05) is 60.9 Å². The van der Waals surface area contributed by atoms with Gasteiger partial charge in [0.2, 0.25) is 0 Å². The van der Waals surface area contributed by atoms with E-state index in [0.717, 1.165) is 51.2 Å². The monoisotopic (exact) mass is 1170 g/mol. The van der Waals surface area contributed by atoms with Gasteiger partial charge < -0.3 is 37.5 Å². The van der Waals surface area contributed by atoms with Crippen LogP contribution in [-0.4, -0.2) is 142 Å². The summed E-state index contributed by atoms with van der Waals surface area (Å²) in [7, 11) is 8.29. The van der Waals surface area contributed by atoms with Crippen LogP contribution in [0.2, 0.25) is 0 Å². The van der Waals surface area contributed by atoms with E-state index in [1.165, 1.54) is 208 Å². The molecule has 0 saturated carbocycles. The summed E-state index contributed by atoms with van der Waals surface area (Å²) in [6.45, 7) is 20.8. The molecule has 0 spiro atoms. The van der Waals surface area contributed by atoms with Crippen molar-refractivity contribution >= 4 is 23.4 Å². The Labute approximate surface area is 510 Å². The second kappa shape index (κ2) is 35.7. The maximum absolute atomic E-state index is 4.42. The highest BCUT2D eigenvalue weighted by molar-refractivity contribution is 7.99. The summed E-state index contributed by atoms with van der Waals surface area (Å²) in [4.78, 5) is 37.2. The molecule has 14 heterocycles. The number of hydrogen-bond acceptors (Lipinski definition) is 12. The second-order valence-corrected chi connectivity index (χ2v) is 22.9. The van der Waals surface area contributed by atoms with Crippen LogP contribution in [0, 0.1) is 20.8 Å². The number of hydrogen-bond donors (Lipinski definition) is 0. The normalized spacial score (nSPS) is 18.6. The molecular weight excluding hydrogens is 1050 g/mol. The van der Waals surface area contributed by atoms with Crippen molar-refractivity contribution in [3.05, 3.63) is 100 Å². The fourth-order valence-corrected chi connectivity index (χ4v) is 13.2. The number of rotatable bonds is 0. The van der Waals surface area contributed by atoms with Crippen molar-refractivity contribution in [3.8, 4) is 0 Å². The predicted molar refractivity (Wildman–Crippen MR) is 356 cm³/mol. The number of aliphatic imine (C=N–C) groups is 2.